The summed E-state index contributed by atoms with van der Waals surface area (Å²) < 4.78 is 54.3. The van der Waals surface area contributed by atoms with E-state index < -0.39 is 16.6 Å². The average molecular weight is 341 g/mol. The molecule has 1 aromatic heterocycles. The summed E-state index contributed by atoms with van der Waals surface area (Å²) in [6.07, 6.45) is 1.13. The largest absolute Gasteiger partial charge is 0.435 e. The highest BCUT2D eigenvalue weighted by molar-refractivity contribution is 7.94. The van der Waals surface area contributed by atoms with Crippen molar-refractivity contribution in [3.05, 3.63) is 34.9 Å². The van der Waals surface area contributed by atoms with Crippen LogP contribution < -0.4 is 9.46 Å². The molecule has 0 saturated heterocycles. The van der Waals surface area contributed by atoms with Gasteiger partial charge in [-0.15, -0.1) is 0 Å². The molecule has 1 N–H and O–H groups in total. The molecule has 0 unspecified atom stereocenters. The minimum absolute atomic E-state index is 0.0459. The number of halogens is 3. The molecule has 10 heteroatoms. The van der Waals surface area contributed by atoms with E-state index in [1.807, 2.05) is 0 Å². The molecule has 20 heavy (non-hydrogen) atoms. The maximum atomic E-state index is 12.0. The van der Waals surface area contributed by atoms with Crippen molar-refractivity contribution in [1.82, 2.24) is 4.98 Å². The third-order valence-corrected chi connectivity index (χ3v) is 5.01. The number of nitrogens with one attached hydrogen (secondary N) is 1. The third kappa shape index (κ3) is 3.78. The van der Waals surface area contributed by atoms with Crippen molar-refractivity contribution in [2.24, 2.45) is 0 Å². The lowest BCUT2D eigenvalue weighted by Gasteiger charge is -2.07. The molecule has 0 bridgehead atoms. The fourth-order valence-corrected chi connectivity index (χ4v) is 3.62. The van der Waals surface area contributed by atoms with Crippen LogP contribution in [0.5, 0.6) is 5.75 Å². The molecular formula is C10H7ClF2N2O3S2. The standard InChI is InChI=1S/C10H7ClF2N2O3S2/c11-9-14-5-8(19-9)20(16,17)15-6-1-3-7(4-2-6)18-10(12)13/h1-5,10,15H. The number of alkyl halides is 2. The molecule has 2 rings (SSSR count). The van der Waals surface area contributed by atoms with Crippen LogP contribution in [0.15, 0.2) is 34.7 Å². The van der Waals surface area contributed by atoms with Crippen LogP contribution in [0.3, 0.4) is 0 Å². The van der Waals surface area contributed by atoms with E-state index in [0.717, 1.165) is 17.5 Å². The van der Waals surface area contributed by atoms with Gasteiger partial charge in [0.2, 0.25) is 0 Å². The monoisotopic (exact) mass is 340 g/mol. The number of anilines is 1. The van der Waals surface area contributed by atoms with Crippen molar-refractivity contribution in [3.63, 3.8) is 0 Å². The summed E-state index contributed by atoms with van der Waals surface area (Å²) >= 11 is 6.37. The zero-order valence-corrected chi connectivity index (χ0v) is 12.0. The Labute approximate surface area is 122 Å². The lowest BCUT2D eigenvalue weighted by Crippen LogP contribution is -2.11. The molecule has 0 aliphatic rings. The van der Waals surface area contributed by atoms with Crippen LogP contribution in [0.2, 0.25) is 4.47 Å². The van der Waals surface area contributed by atoms with Gasteiger partial charge in [0.05, 0.1) is 6.20 Å². The molecular weight excluding hydrogens is 334 g/mol. The number of nitrogens with zero attached hydrogens (tertiary/aromatic N) is 1. The van der Waals surface area contributed by atoms with Crippen molar-refractivity contribution in [2.45, 2.75) is 10.8 Å². The summed E-state index contributed by atoms with van der Waals surface area (Å²) in [5.41, 5.74) is 0.205. The zero-order chi connectivity index (χ0) is 14.8. The number of hydrogen-bond acceptors (Lipinski definition) is 5. The second-order valence-corrected chi connectivity index (χ2v) is 6.96. The molecule has 108 valence electrons. The fourth-order valence-electron chi connectivity index (χ4n) is 1.27. The Bertz CT molecular complexity index is 689. The van der Waals surface area contributed by atoms with E-state index in [1.165, 1.54) is 24.3 Å². The van der Waals surface area contributed by atoms with Crippen LogP contribution >= 0.6 is 22.9 Å². The quantitative estimate of drug-likeness (QED) is 0.907. The van der Waals surface area contributed by atoms with Gasteiger partial charge in [-0.2, -0.15) is 8.78 Å². The van der Waals surface area contributed by atoms with E-state index in [4.69, 9.17) is 11.6 Å². The molecule has 0 amide bonds. The van der Waals surface area contributed by atoms with Gasteiger partial charge < -0.3 is 4.74 Å². The van der Waals surface area contributed by atoms with Crippen molar-refractivity contribution >= 4 is 38.6 Å². The SMILES string of the molecule is O=S(=O)(Nc1ccc(OC(F)F)cc1)c1cnc(Cl)s1. The Balaban J connectivity index is 2.13. The first-order valence-corrected chi connectivity index (χ1v) is 7.73. The number of rotatable bonds is 5. The Hall–Kier alpha value is -1.45. The van der Waals surface area contributed by atoms with Crippen LogP contribution in [0.1, 0.15) is 0 Å². The smallest absolute Gasteiger partial charge is 0.387 e. The summed E-state index contributed by atoms with van der Waals surface area (Å²) in [5.74, 6) is -0.0659. The highest BCUT2D eigenvalue weighted by Crippen LogP contribution is 2.25. The third-order valence-electron chi connectivity index (χ3n) is 2.05. The zero-order valence-electron chi connectivity index (χ0n) is 9.59. The Morgan fingerprint density at radius 3 is 2.45 bits per heavy atom. The number of thiazole rings is 1. The summed E-state index contributed by atoms with van der Waals surface area (Å²) in [7, 11) is -3.80. The minimum atomic E-state index is -3.80. The second kappa shape index (κ2) is 5.90. The molecule has 2 aromatic rings. The topological polar surface area (TPSA) is 68.3 Å². The Kier molecular flexibility index (Phi) is 4.41. The first-order valence-electron chi connectivity index (χ1n) is 5.06. The lowest BCUT2D eigenvalue weighted by atomic mass is 10.3. The van der Waals surface area contributed by atoms with E-state index in [1.54, 1.807) is 0 Å². The maximum absolute atomic E-state index is 12.0. The number of benzene rings is 1. The van der Waals surface area contributed by atoms with Gasteiger partial charge in [-0.1, -0.05) is 22.9 Å². The molecule has 0 spiro atoms. The van der Waals surface area contributed by atoms with E-state index in [0.29, 0.717) is 0 Å². The molecule has 0 fully saturated rings. The van der Waals surface area contributed by atoms with Gasteiger partial charge in [-0.25, -0.2) is 13.4 Å². The highest BCUT2D eigenvalue weighted by Gasteiger charge is 2.17. The molecule has 5 nitrogen and oxygen atoms in total. The predicted octanol–water partition coefficient (Wildman–Crippen LogP) is 3.20. The van der Waals surface area contributed by atoms with Crippen LogP contribution in [0.25, 0.3) is 0 Å². The van der Waals surface area contributed by atoms with Gasteiger partial charge in [-0.3, -0.25) is 4.72 Å². The fraction of sp³-hybridized carbons (Fsp3) is 0.100. The van der Waals surface area contributed by atoms with Crippen molar-refractivity contribution in [2.75, 3.05) is 4.72 Å². The van der Waals surface area contributed by atoms with Crippen molar-refractivity contribution in [1.29, 1.82) is 0 Å². The molecule has 1 heterocycles. The predicted molar refractivity (Wildman–Crippen MR) is 71.0 cm³/mol. The van der Waals surface area contributed by atoms with Crippen LogP contribution in [0, 0.1) is 0 Å². The molecule has 0 radical (unpaired) electrons. The first-order chi connectivity index (χ1) is 9.37. The first kappa shape index (κ1) is 14.9. The van der Waals surface area contributed by atoms with Crippen LogP contribution in [-0.4, -0.2) is 20.0 Å². The normalized spacial score (nSPS) is 11.6. The van der Waals surface area contributed by atoms with E-state index in [2.05, 4.69) is 14.4 Å². The summed E-state index contributed by atoms with van der Waals surface area (Å²) in [6, 6.07) is 5.06. The van der Waals surface area contributed by atoms with Gasteiger partial charge in [0.1, 0.15) is 5.75 Å². The molecule has 0 aliphatic heterocycles. The Morgan fingerprint density at radius 2 is 1.95 bits per heavy atom. The number of hydrogen-bond donors (Lipinski definition) is 1. The van der Waals surface area contributed by atoms with Gasteiger partial charge >= 0.3 is 6.61 Å². The lowest BCUT2D eigenvalue weighted by molar-refractivity contribution is -0.0498. The van der Waals surface area contributed by atoms with Gasteiger partial charge in [-0.05, 0) is 24.3 Å². The second-order valence-electron chi connectivity index (χ2n) is 3.44. The van der Waals surface area contributed by atoms with Crippen LogP contribution in [-0.2, 0) is 10.0 Å². The summed E-state index contributed by atoms with van der Waals surface area (Å²) in [4.78, 5) is 3.63. The summed E-state index contributed by atoms with van der Waals surface area (Å²) in [5, 5.41) is 0. The highest BCUT2D eigenvalue weighted by atomic mass is 35.5. The van der Waals surface area contributed by atoms with Gasteiger partial charge in [0.25, 0.3) is 10.0 Å². The van der Waals surface area contributed by atoms with E-state index in [9.17, 15) is 17.2 Å². The maximum Gasteiger partial charge on any atom is 0.387 e. The van der Waals surface area contributed by atoms with Crippen LogP contribution in [0.4, 0.5) is 14.5 Å². The average Bonchev–Trinajstić information content (AvgIpc) is 2.78. The number of ether oxygens (including phenoxy) is 1. The van der Waals surface area contributed by atoms with Gasteiger partial charge in [0.15, 0.2) is 8.68 Å². The number of aromatic nitrogens is 1. The van der Waals surface area contributed by atoms with Crippen molar-refractivity contribution < 1.29 is 21.9 Å². The van der Waals surface area contributed by atoms with E-state index >= 15 is 0 Å². The minimum Gasteiger partial charge on any atom is -0.435 e. The summed E-state index contributed by atoms with van der Waals surface area (Å²) in [6.45, 7) is -2.93. The molecule has 0 aliphatic carbocycles. The molecule has 0 saturated carbocycles. The number of sulfonamides is 1. The van der Waals surface area contributed by atoms with Crippen molar-refractivity contribution in [3.8, 4) is 5.75 Å². The van der Waals surface area contributed by atoms with E-state index in [-0.39, 0.29) is 20.1 Å². The molecule has 1 aromatic carbocycles. The molecule has 0 atom stereocenters. The Morgan fingerprint density at radius 1 is 1.30 bits per heavy atom. The van der Waals surface area contributed by atoms with Gasteiger partial charge in [0, 0.05) is 5.69 Å².